The van der Waals surface area contributed by atoms with Gasteiger partial charge in [-0.3, -0.25) is 18.7 Å². The smallest absolute Gasteiger partial charge is 0.416 e. The Labute approximate surface area is 203 Å². The minimum absolute atomic E-state index is 0.000178. The van der Waals surface area contributed by atoms with Crippen LogP contribution in [0.5, 0.6) is 0 Å². The van der Waals surface area contributed by atoms with Crippen molar-refractivity contribution in [2.45, 2.75) is 11.2 Å². The number of hydrogen-bond donors (Lipinski definition) is 1. The van der Waals surface area contributed by atoms with E-state index < -0.39 is 28.9 Å². The lowest BCUT2D eigenvalue weighted by atomic mass is 10.2. The molecule has 0 atom stereocenters. The van der Waals surface area contributed by atoms with Gasteiger partial charge in [-0.25, -0.2) is 14.8 Å². The highest BCUT2D eigenvalue weighted by Crippen LogP contribution is 2.34. The van der Waals surface area contributed by atoms with Gasteiger partial charge in [-0.1, -0.05) is 23.4 Å². The molecule has 0 saturated carbocycles. The molecule has 1 amide bonds. The van der Waals surface area contributed by atoms with Crippen LogP contribution in [0.3, 0.4) is 0 Å². The normalized spacial score (nSPS) is 11.7. The maximum Gasteiger partial charge on any atom is 0.416 e. The van der Waals surface area contributed by atoms with E-state index in [1.54, 1.807) is 12.1 Å². The molecule has 4 aromatic rings. The molecule has 0 aliphatic carbocycles. The van der Waals surface area contributed by atoms with E-state index in [1.807, 2.05) is 0 Å². The zero-order chi connectivity index (χ0) is 25.5. The second kappa shape index (κ2) is 9.23. The number of aromatic nitrogens is 4. The van der Waals surface area contributed by atoms with Crippen LogP contribution < -0.4 is 16.6 Å². The second-order valence-corrected chi connectivity index (χ2v) is 8.63. The second-order valence-electron chi connectivity index (χ2n) is 7.26. The van der Waals surface area contributed by atoms with E-state index in [1.165, 1.54) is 20.4 Å². The monoisotopic (exact) mass is 525 g/mol. The third kappa shape index (κ3) is 4.82. The van der Waals surface area contributed by atoms with Crippen LogP contribution in [-0.2, 0) is 25.1 Å². The predicted octanol–water partition coefficient (Wildman–Crippen LogP) is 3.69. The highest BCUT2D eigenvalue weighted by atomic mass is 35.5. The van der Waals surface area contributed by atoms with Gasteiger partial charge < -0.3 is 9.73 Å². The molecule has 14 heteroatoms. The highest BCUT2D eigenvalue weighted by molar-refractivity contribution is 8.00. The van der Waals surface area contributed by atoms with Gasteiger partial charge in [0.15, 0.2) is 17.2 Å². The van der Waals surface area contributed by atoms with Crippen molar-refractivity contribution in [2.75, 3.05) is 11.1 Å². The Morgan fingerprint density at radius 2 is 1.91 bits per heavy atom. The number of alkyl halides is 3. The Morgan fingerprint density at radius 1 is 1.17 bits per heavy atom. The molecular formula is C21H15ClF3N5O4S. The number of halogens is 4. The van der Waals surface area contributed by atoms with E-state index >= 15 is 0 Å². The number of anilines is 1. The molecule has 0 fully saturated rings. The van der Waals surface area contributed by atoms with Crippen molar-refractivity contribution >= 4 is 46.0 Å². The molecule has 4 rings (SSSR count). The zero-order valence-electron chi connectivity index (χ0n) is 18.0. The molecule has 0 radical (unpaired) electrons. The first-order chi connectivity index (χ1) is 16.5. The molecule has 9 nitrogen and oxygen atoms in total. The van der Waals surface area contributed by atoms with Crippen molar-refractivity contribution in [1.29, 1.82) is 0 Å². The number of aryl methyl sites for hydroxylation is 1. The lowest BCUT2D eigenvalue weighted by Gasteiger charge is -2.12. The zero-order valence-corrected chi connectivity index (χ0v) is 19.6. The van der Waals surface area contributed by atoms with Crippen molar-refractivity contribution in [3.05, 3.63) is 68.0 Å². The number of nitrogens with zero attached hydrogens (tertiary/aromatic N) is 4. The number of nitrogens with one attached hydrogen (secondary N) is 1. The van der Waals surface area contributed by atoms with Crippen LogP contribution in [0.1, 0.15) is 5.56 Å². The fraction of sp³-hybridized carbons (Fsp3) is 0.190. The Morgan fingerprint density at radius 3 is 2.57 bits per heavy atom. The van der Waals surface area contributed by atoms with Crippen molar-refractivity contribution in [3.63, 3.8) is 0 Å². The number of amides is 1. The standard InChI is InChI=1S/C21H15ClF3N5O4S/c1-29-17-15(19(32)30(2)20(29)33)18(28-16(27-17)13-4-3-7-34-13)35-9-14(31)26-12-8-10(21(23,24)25)5-6-11(12)22/h3-8H,9H2,1-2H3,(H,26,31). The van der Waals surface area contributed by atoms with Crippen LogP contribution >= 0.6 is 23.4 Å². The molecule has 0 unspecified atom stereocenters. The van der Waals surface area contributed by atoms with Crippen molar-refractivity contribution in [3.8, 4) is 11.6 Å². The molecule has 1 N–H and O–H groups in total. The number of furan rings is 1. The predicted molar refractivity (Wildman–Crippen MR) is 124 cm³/mol. The molecule has 0 bridgehead atoms. The van der Waals surface area contributed by atoms with E-state index in [-0.39, 0.29) is 44.1 Å². The van der Waals surface area contributed by atoms with E-state index in [4.69, 9.17) is 16.0 Å². The summed E-state index contributed by atoms with van der Waals surface area (Å²) < 4.78 is 46.4. The summed E-state index contributed by atoms with van der Waals surface area (Å²) in [6, 6.07) is 5.74. The number of carbonyl (C=O) groups excluding carboxylic acids is 1. The third-order valence-corrected chi connectivity index (χ3v) is 6.22. The summed E-state index contributed by atoms with van der Waals surface area (Å²) >= 11 is 6.78. The topological polar surface area (TPSA) is 112 Å². The van der Waals surface area contributed by atoms with Crippen LogP contribution in [0, 0.1) is 0 Å². The van der Waals surface area contributed by atoms with Gasteiger partial charge >= 0.3 is 11.9 Å². The third-order valence-electron chi connectivity index (χ3n) is 4.92. The van der Waals surface area contributed by atoms with E-state index in [9.17, 15) is 27.6 Å². The summed E-state index contributed by atoms with van der Waals surface area (Å²) in [6.45, 7) is 0. The number of rotatable bonds is 5. The highest BCUT2D eigenvalue weighted by Gasteiger charge is 2.31. The van der Waals surface area contributed by atoms with Crippen molar-refractivity contribution < 1.29 is 22.4 Å². The molecule has 0 spiro atoms. The fourth-order valence-electron chi connectivity index (χ4n) is 3.17. The molecule has 182 valence electrons. The van der Waals surface area contributed by atoms with E-state index in [0.29, 0.717) is 0 Å². The molecule has 3 heterocycles. The Bertz CT molecular complexity index is 1560. The number of hydrogen-bond acceptors (Lipinski definition) is 7. The largest absolute Gasteiger partial charge is 0.461 e. The maximum absolute atomic E-state index is 13.0. The van der Waals surface area contributed by atoms with E-state index in [2.05, 4.69) is 15.3 Å². The van der Waals surface area contributed by atoms with Gasteiger partial charge in [0.2, 0.25) is 5.91 Å². The first-order valence-corrected chi connectivity index (χ1v) is 11.1. The fourth-order valence-corrected chi connectivity index (χ4v) is 4.15. The average Bonchev–Trinajstić information content (AvgIpc) is 3.35. The summed E-state index contributed by atoms with van der Waals surface area (Å²) in [4.78, 5) is 46.4. The minimum atomic E-state index is -4.61. The van der Waals surface area contributed by atoms with Gasteiger partial charge in [-0.05, 0) is 30.3 Å². The molecular weight excluding hydrogens is 511 g/mol. The summed E-state index contributed by atoms with van der Waals surface area (Å²) in [7, 11) is 2.72. The summed E-state index contributed by atoms with van der Waals surface area (Å²) in [6.07, 6.45) is -3.22. The molecule has 0 aliphatic rings. The van der Waals surface area contributed by atoms with Crippen molar-refractivity contribution in [2.24, 2.45) is 14.1 Å². The first kappa shape index (κ1) is 24.5. The molecule has 35 heavy (non-hydrogen) atoms. The van der Waals surface area contributed by atoms with Gasteiger partial charge in [0.05, 0.1) is 28.3 Å². The molecule has 0 saturated heterocycles. The first-order valence-electron chi connectivity index (χ1n) is 9.78. The number of fused-ring (bicyclic) bond motifs is 1. The Kier molecular flexibility index (Phi) is 6.47. The Hall–Kier alpha value is -3.58. The van der Waals surface area contributed by atoms with Crippen LogP contribution in [-0.4, -0.2) is 30.8 Å². The average molecular weight is 526 g/mol. The number of benzene rings is 1. The Balaban J connectivity index is 1.70. The SMILES string of the molecule is Cn1c(=O)c2c(SCC(=O)Nc3cc(C(F)(F)F)ccc3Cl)nc(-c3ccco3)nc2n(C)c1=O. The van der Waals surface area contributed by atoms with Gasteiger partial charge in [0.1, 0.15) is 10.4 Å². The molecule has 3 aromatic heterocycles. The lowest BCUT2D eigenvalue weighted by molar-refractivity contribution is -0.137. The number of carbonyl (C=O) groups is 1. The van der Waals surface area contributed by atoms with Crippen LogP contribution in [0.4, 0.5) is 18.9 Å². The van der Waals surface area contributed by atoms with Gasteiger partial charge in [0, 0.05) is 14.1 Å². The number of thioether (sulfide) groups is 1. The summed E-state index contributed by atoms with van der Waals surface area (Å²) in [5, 5.41) is 2.35. The van der Waals surface area contributed by atoms with Crippen LogP contribution in [0.2, 0.25) is 5.02 Å². The lowest BCUT2D eigenvalue weighted by Crippen LogP contribution is -2.37. The van der Waals surface area contributed by atoms with Gasteiger partial charge in [-0.2, -0.15) is 13.2 Å². The van der Waals surface area contributed by atoms with Crippen LogP contribution in [0.15, 0.2) is 55.6 Å². The van der Waals surface area contributed by atoms with Crippen molar-refractivity contribution in [1.82, 2.24) is 19.1 Å². The quantitative estimate of drug-likeness (QED) is 0.312. The summed E-state index contributed by atoms with van der Waals surface area (Å²) in [5.41, 5.74) is -2.44. The van der Waals surface area contributed by atoms with E-state index in [0.717, 1.165) is 39.1 Å². The molecule has 1 aromatic carbocycles. The molecule has 0 aliphatic heterocycles. The van der Waals surface area contributed by atoms with Gasteiger partial charge in [0.25, 0.3) is 5.56 Å². The maximum atomic E-state index is 13.0. The minimum Gasteiger partial charge on any atom is -0.461 e. The van der Waals surface area contributed by atoms with Gasteiger partial charge in [-0.15, -0.1) is 0 Å². The van der Waals surface area contributed by atoms with Crippen LogP contribution in [0.25, 0.3) is 22.6 Å². The summed E-state index contributed by atoms with van der Waals surface area (Å²) in [5.74, 6) is -0.678.